The van der Waals surface area contributed by atoms with E-state index in [0.717, 1.165) is 25.7 Å². The molecule has 1 aliphatic rings. The Balaban J connectivity index is 2.09. The number of aliphatic hydroxyl groups is 1. The Morgan fingerprint density at radius 3 is 2.58 bits per heavy atom. The first-order chi connectivity index (χ1) is 9.04. The van der Waals surface area contributed by atoms with Gasteiger partial charge in [-0.1, -0.05) is 12.8 Å². The Bertz CT molecular complexity index is 461. The van der Waals surface area contributed by atoms with Crippen LogP contribution in [-0.2, 0) is 0 Å². The number of ether oxygens (including phenoxy) is 2. The van der Waals surface area contributed by atoms with E-state index < -0.39 is 5.60 Å². The predicted octanol–water partition coefficient (Wildman–Crippen LogP) is 2.58. The average molecular weight is 264 g/mol. The number of hydrogen-bond donors (Lipinski definition) is 1. The van der Waals surface area contributed by atoms with E-state index in [9.17, 15) is 9.90 Å². The smallest absolute Gasteiger partial charge is 0.161 e. The quantitative estimate of drug-likeness (QED) is 0.830. The number of carbonyl (C=O) groups is 1. The number of rotatable bonds is 5. The SMILES string of the molecule is COc1cc(C(C)=O)ccc1OCC1(O)CCCC1. The fourth-order valence-electron chi connectivity index (χ4n) is 2.40. The van der Waals surface area contributed by atoms with Gasteiger partial charge in [0.05, 0.1) is 12.7 Å². The van der Waals surface area contributed by atoms with Crippen molar-refractivity contribution in [1.82, 2.24) is 0 Å². The standard InChI is InChI=1S/C15H20O4/c1-11(16)12-5-6-13(14(9-12)18-2)19-10-15(17)7-3-4-8-15/h5-6,9,17H,3-4,7-8,10H2,1-2H3. The highest BCUT2D eigenvalue weighted by Crippen LogP contribution is 2.33. The fraction of sp³-hybridized carbons (Fsp3) is 0.533. The van der Waals surface area contributed by atoms with Gasteiger partial charge < -0.3 is 14.6 Å². The number of Topliss-reactive ketones (excluding diaryl/α,β-unsaturated/α-hetero) is 1. The molecule has 2 rings (SSSR count). The molecule has 1 saturated carbocycles. The van der Waals surface area contributed by atoms with E-state index in [4.69, 9.17) is 9.47 Å². The van der Waals surface area contributed by atoms with E-state index in [1.165, 1.54) is 14.0 Å². The van der Waals surface area contributed by atoms with Crippen LogP contribution in [0.3, 0.4) is 0 Å². The van der Waals surface area contributed by atoms with Crippen LogP contribution in [0.25, 0.3) is 0 Å². The second kappa shape index (κ2) is 5.61. The Hall–Kier alpha value is -1.55. The minimum Gasteiger partial charge on any atom is -0.493 e. The van der Waals surface area contributed by atoms with Gasteiger partial charge >= 0.3 is 0 Å². The molecule has 1 aromatic carbocycles. The first-order valence-electron chi connectivity index (χ1n) is 6.58. The topological polar surface area (TPSA) is 55.8 Å². The second-order valence-corrected chi connectivity index (χ2v) is 5.14. The van der Waals surface area contributed by atoms with Crippen molar-refractivity contribution >= 4 is 5.78 Å². The maximum atomic E-state index is 11.3. The highest BCUT2D eigenvalue weighted by molar-refractivity contribution is 5.94. The lowest BCUT2D eigenvalue weighted by Crippen LogP contribution is -2.32. The molecule has 0 bridgehead atoms. The van der Waals surface area contributed by atoms with Crippen LogP contribution >= 0.6 is 0 Å². The maximum absolute atomic E-state index is 11.3. The van der Waals surface area contributed by atoms with Crippen molar-refractivity contribution in [3.8, 4) is 11.5 Å². The number of methoxy groups -OCH3 is 1. The monoisotopic (exact) mass is 264 g/mol. The highest BCUT2D eigenvalue weighted by Gasteiger charge is 2.32. The summed E-state index contributed by atoms with van der Waals surface area (Å²) in [6.07, 6.45) is 3.64. The third-order valence-electron chi connectivity index (χ3n) is 3.60. The lowest BCUT2D eigenvalue weighted by molar-refractivity contribution is 0.000724. The predicted molar refractivity (Wildman–Crippen MR) is 71.9 cm³/mol. The van der Waals surface area contributed by atoms with Gasteiger partial charge in [0.25, 0.3) is 0 Å². The summed E-state index contributed by atoms with van der Waals surface area (Å²) in [5, 5.41) is 10.2. The van der Waals surface area contributed by atoms with Gasteiger partial charge in [-0.25, -0.2) is 0 Å². The van der Waals surface area contributed by atoms with Crippen molar-refractivity contribution < 1.29 is 19.4 Å². The lowest BCUT2D eigenvalue weighted by atomic mass is 10.0. The van der Waals surface area contributed by atoms with E-state index in [0.29, 0.717) is 17.1 Å². The number of benzene rings is 1. The van der Waals surface area contributed by atoms with E-state index in [-0.39, 0.29) is 12.4 Å². The van der Waals surface area contributed by atoms with Gasteiger partial charge in [-0.05, 0) is 38.0 Å². The molecule has 1 fully saturated rings. The molecule has 0 spiro atoms. The molecule has 0 amide bonds. The molecule has 0 aliphatic heterocycles. The van der Waals surface area contributed by atoms with Gasteiger partial charge in [0.1, 0.15) is 6.61 Å². The first-order valence-corrected chi connectivity index (χ1v) is 6.58. The second-order valence-electron chi connectivity index (χ2n) is 5.14. The largest absolute Gasteiger partial charge is 0.493 e. The zero-order valence-corrected chi connectivity index (χ0v) is 11.4. The fourth-order valence-corrected chi connectivity index (χ4v) is 2.40. The van der Waals surface area contributed by atoms with Crippen LogP contribution < -0.4 is 9.47 Å². The van der Waals surface area contributed by atoms with Gasteiger partial charge in [-0.15, -0.1) is 0 Å². The van der Waals surface area contributed by atoms with Crippen LogP contribution in [0.15, 0.2) is 18.2 Å². The molecule has 1 aromatic rings. The first kappa shape index (κ1) is 13.9. The molecule has 19 heavy (non-hydrogen) atoms. The van der Waals surface area contributed by atoms with E-state index >= 15 is 0 Å². The molecule has 0 heterocycles. The van der Waals surface area contributed by atoms with Crippen LogP contribution in [0.1, 0.15) is 43.0 Å². The van der Waals surface area contributed by atoms with Crippen LogP contribution in [0.4, 0.5) is 0 Å². The molecular weight excluding hydrogens is 244 g/mol. The summed E-state index contributed by atoms with van der Waals surface area (Å²) in [7, 11) is 1.54. The molecule has 1 N–H and O–H groups in total. The van der Waals surface area contributed by atoms with Crippen LogP contribution in [0, 0.1) is 0 Å². The normalized spacial score (nSPS) is 17.2. The van der Waals surface area contributed by atoms with Gasteiger partial charge in [0, 0.05) is 5.56 Å². The molecule has 104 valence electrons. The van der Waals surface area contributed by atoms with E-state index in [1.54, 1.807) is 18.2 Å². The van der Waals surface area contributed by atoms with Crippen molar-refractivity contribution in [3.63, 3.8) is 0 Å². The van der Waals surface area contributed by atoms with Crippen molar-refractivity contribution in [2.24, 2.45) is 0 Å². The third-order valence-corrected chi connectivity index (χ3v) is 3.60. The molecule has 4 heteroatoms. The van der Waals surface area contributed by atoms with Gasteiger partial charge in [-0.2, -0.15) is 0 Å². The Labute approximate surface area is 113 Å². The van der Waals surface area contributed by atoms with Gasteiger partial charge in [0.2, 0.25) is 0 Å². The molecule has 0 radical (unpaired) electrons. The summed E-state index contributed by atoms with van der Waals surface area (Å²) in [6, 6.07) is 5.09. The molecule has 4 nitrogen and oxygen atoms in total. The Morgan fingerprint density at radius 2 is 2.00 bits per heavy atom. The van der Waals surface area contributed by atoms with Crippen LogP contribution in [-0.4, -0.2) is 30.2 Å². The average Bonchev–Trinajstić information content (AvgIpc) is 2.83. The van der Waals surface area contributed by atoms with Crippen molar-refractivity contribution in [3.05, 3.63) is 23.8 Å². The minimum atomic E-state index is -0.718. The van der Waals surface area contributed by atoms with Crippen LogP contribution in [0.2, 0.25) is 0 Å². The van der Waals surface area contributed by atoms with Crippen molar-refractivity contribution in [1.29, 1.82) is 0 Å². The minimum absolute atomic E-state index is 0.0146. The zero-order valence-electron chi connectivity index (χ0n) is 11.4. The summed E-state index contributed by atoms with van der Waals surface area (Å²) in [5.74, 6) is 1.07. The zero-order chi connectivity index (χ0) is 13.9. The van der Waals surface area contributed by atoms with Gasteiger partial charge in [-0.3, -0.25) is 4.79 Å². The van der Waals surface area contributed by atoms with E-state index in [1.807, 2.05) is 0 Å². The molecule has 0 saturated heterocycles. The Kier molecular flexibility index (Phi) is 4.10. The highest BCUT2D eigenvalue weighted by atomic mass is 16.5. The molecule has 0 atom stereocenters. The van der Waals surface area contributed by atoms with Crippen LogP contribution in [0.5, 0.6) is 11.5 Å². The molecule has 0 unspecified atom stereocenters. The van der Waals surface area contributed by atoms with E-state index in [2.05, 4.69) is 0 Å². The maximum Gasteiger partial charge on any atom is 0.161 e. The summed E-state index contributed by atoms with van der Waals surface area (Å²) in [4.78, 5) is 11.3. The Morgan fingerprint density at radius 1 is 1.32 bits per heavy atom. The van der Waals surface area contributed by atoms with Crippen molar-refractivity contribution in [2.75, 3.05) is 13.7 Å². The van der Waals surface area contributed by atoms with Crippen molar-refractivity contribution in [2.45, 2.75) is 38.2 Å². The number of hydrogen-bond acceptors (Lipinski definition) is 4. The molecule has 1 aliphatic carbocycles. The summed E-state index contributed by atoms with van der Waals surface area (Å²) in [6.45, 7) is 1.78. The number of ketones is 1. The summed E-state index contributed by atoms with van der Waals surface area (Å²) in [5.41, 5.74) is -0.131. The van der Waals surface area contributed by atoms with Gasteiger partial charge in [0.15, 0.2) is 17.3 Å². The lowest BCUT2D eigenvalue weighted by Gasteiger charge is -2.23. The number of carbonyl (C=O) groups excluding carboxylic acids is 1. The molecule has 0 aromatic heterocycles. The summed E-state index contributed by atoms with van der Waals surface area (Å²) < 4.78 is 10.9. The molecular formula is C15H20O4. The third kappa shape index (κ3) is 3.26. The summed E-state index contributed by atoms with van der Waals surface area (Å²) >= 11 is 0.